The van der Waals surface area contributed by atoms with Crippen LogP contribution in [0.2, 0.25) is 0 Å². The van der Waals surface area contributed by atoms with Crippen molar-refractivity contribution in [1.82, 2.24) is 9.88 Å². The Morgan fingerprint density at radius 1 is 1.18 bits per heavy atom. The zero-order chi connectivity index (χ0) is 26.6. The van der Waals surface area contributed by atoms with Crippen LogP contribution < -0.4 is 4.74 Å². The zero-order valence-corrected chi connectivity index (χ0v) is 20.8. The first-order valence-electron chi connectivity index (χ1n) is 12.3. The van der Waals surface area contributed by atoms with Crippen molar-refractivity contribution in [2.24, 2.45) is 0 Å². The fraction of sp³-hybridized carbons (Fsp3) is 0.276. The van der Waals surface area contributed by atoms with E-state index in [1.807, 2.05) is 6.07 Å². The molecule has 8 nitrogen and oxygen atoms in total. The lowest BCUT2D eigenvalue weighted by molar-refractivity contribution is 0.0254. The van der Waals surface area contributed by atoms with Gasteiger partial charge in [0, 0.05) is 49.8 Å². The number of aliphatic hydroxyl groups is 1. The smallest absolute Gasteiger partial charge is 0.253 e. The molecule has 9 heteroatoms. The number of likely N-dealkylation sites (N-methyl/N-ethyl adjacent to an activating group) is 1. The van der Waals surface area contributed by atoms with Crippen molar-refractivity contribution in [3.05, 3.63) is 71.7 Å². The average Bonchev–Trinajstić information content (AvgIpc) is 3.38. The van der Waals surface area contributed by atoms with Crippen molar-refractivity contribution in [2.45, 2.75) is 18.9 Å². The van der Waals surface area contributed by atoms with E-state index in [2.05, 4.69) is 11.1 Å². The minimum atomic E-state index is -0.616. The molecule has 0 spiro atoms. The Kier molecular flexibility index (Phi) is 7.36. The van der Waals surface area contributed by atoms with Crippen LogP contribution in [0.15, 0.2) is 59.1 Å². The number of ether oxygens (including phenoxy) is 2. The molecule has 2 aromatic heterocycles. The second kappa shape index (κ2) is 11.0. The van der Waals surface area contributed by atoms with Crippen molar-refractivity contribution in [1.29, 1.82) is 5.26 Å². The number of hydrogen-bond acceptors (Lipinski definition) is 7. The topological polar surface area (TPSA) is 109 Å². The van der Waals surface area contributed by atoms with Gasteiger partial charge in [-0.1, -0.05) is 6.07 Å². The van der Waals surface area contributed by atoms with Crippen LogP contribution in [0.4, 0.5) is 4.39 Å². The van der Waals surface area contributed by atoms with Gasteiger partial charge in [-0.2, -0.15) is 5.26 Å². The predicted molar refractivity (Wildman–Crippen MR) is 138 cm³/mol. The van der Waals surface area contributed by atoms with Crippen molar-refractivity contribution >= 4 is 17.0 Å². The number of furan rings is 1. The van der Waals surface area contributed by atoms with Crippen LogP contribution in [0.5, 0.6) is 5.75 Å². The molecule has 4 aromatic rings. The highest BCUT2D eigenvalue weighted by atomic mass is 19.1. The van der Waals surface area contributed by atoms with Gasteiger partial charge in [0.25, 0.3) is 5.91 Å². The third kappa shape index (κ3) is 5.09. The molecule has 1 aliphatic heterocycles. The summed E-state index contributed by atoms with van der Waals surface area (Å²) in [5.74, 6) is -0.221. The van der Waals surface area contributed by atoms with E-state index in [1.54, 1.807) is 30.5 Å². The van der Waals surface area contributed by atoms with Gasteiger partial charge in [-0.15, -0.1) is 0 Å². The lowest BCUT2D eigenvalue weighted by Crippen LogP contribution is -2.29. The van der Waals surface area contributed by atoms with Gasteiger partial charge < -0.3 is 23.9 Å². The second-order valence-corrected chi connectivity index (χ2v) is 9.08. The van der Waals surface area contributed by atoms with Crippen LogP contribution in [0.1, 0.15) is 28.8 Å². The maximum Gasteiger partial charge on any atom is 0.253 e. The van der Waals surface area contributed by atoms with Gasteiger partial charge in [-0.05, 0) is 42.0 Å². The fourth-order valence-corrected chi connectivity index (χ4v) is 4.48. The maximum atomic E-state index is 15.1. The molecule has 1 amide bonds. The number of amides is 1. The number of nitrogens with zero attached hydrogens (tertiary/aromatic N) is 3. The van der Waals surface area contributed by atoms with Crippen LogP contribution in [-0.4, -0.2) is 60.4 Å². The van der Waals surface area contributed by atoms with Crippen LogP contribution in [-0.2, 0) is 4.74 Å². The number of nitriles is 1. The van der Waals surface area contributed by atoms with Crippen LogP contribution in [0.3, 0.4) is 0 Å². The summed E-state index contributed by atoms with van der Waals surface area (Å²) in [4.78, 5) is 18.1. The zero-order valence-electron chi connectivity index (χ0n) is 20.8. The second-order valence-electron chi connectivity index (χ2n) is 9.08. The van der Waals surface area contributed by atoms with E-state index in [9.17, 15) is 10.1 Å². The third-order valence-electron chi connectivity index (χ3n) is 6.55. The highest BCUT2D eigenvalue weighted by molar-refractivity contribution is 5.95. The minimum absolute atomic E-state index is 0.00798. The normalized spacial score (nSPS) is 13.8. The number of aliphatic hydroxyl groups excluding tert-OH is 1. The number of fused-ring (bicyclic) bond motifs is 1. The highest BCUT2D eigenvalue weighted by Gasteiger charge is 2.20. The lowest BCUT2D eigenvalue weighted by Gasteiger charge is -2.23. The van der Waals surface area contributed by atoms with Crippen LogP contribution in [0.25, 0.3) is 33.6 Å². The molecule has 0 bridgehead atoms. The molecule has 0 aliphatic carbocycles. The number of carbonyl (C=O) groups is 1. The van der Waals surface area contributed by atoms with Gasteiger partial charge in [-0.25, -0.2) is 4.39 Å². The monoisotopic (exact) mass is 515 g/mol. The number of pyridine rings is 1. The quantitative estimate of drug-likeness (QED) is 0.377. The molecular weight excluding hydrogens is 489 g/mol. The minimum Gasteiger partial charge on any atom is -0.489 e. The van der Waals surface area contributed by atoms with E-state index >= 15 is 4.39 Å². The number of aromatic nitrogens is 1. The Hall–Kier alpha value is -4.26. The standard InChI is InChI=1S/C29H26FN3O5/c1-33(10-11-34)29(35)19-2-4-23(24(30)15-19)27-16-25-28(38-27)22(6-9-32-25)18-3-5-26(20(14-18)17-31)37-21-7-12-36-13-8-21/h2-6,9,14-16,21,34H,7-8,10-13H2,1H3. The fourth-order valence-electron chi connectivity index (χ4n) is 4.48. The van der Waals surface area contributed by atoms with E-state index in [4.69, 9.17) is 19.0 Å². The summed E-state index contributed by atoms with van der Waals surface area (Å²) in [5, 5.41) is 18.8. The number of benzene rings is 2. The first-order valence-corrected chi connectivity index (χ1v) is 12.3. The molecule has 194 valence electrons. The predicted octanol–water partition coefficient (Wildman–Crippen LogP) is 4.79. The van der Waals surface area contributed by atoms with Gasteiger partial charge in [-0.3, -0.25) is 9.78 Å². The molecule has 2 aromatic carbocycles. The number of halogens is 1. The first kappa shape index (κ1) is 25.4. The first-order chi connectivity index (χ1) is 18.5. The van der Waals surface area contributed by atoms with Crippen molar-refractivity contribution in [3.63, 3.8) is 0 Å². The number of rotatable bonds is 7. The molecule has 1 aliphatic rings. The van der Waals surface area contributed by atoms with E-state index in [1.165, 1.54) is 24.1 Å². The van der Waals surface area contributed by atoms with Crippen molar-refractivity contribution in [3.8, 4) is 34.3 Å². The van der Waals surface area contributed by atoms with E-state index < -0.39 is 11.7 Å². The Labute approximate surface area is 218 Å². The molecule has 1 fully saturated rings. The summed E-state index contributed by atoms with van der Waals surface area (Å²) in [5.41, 5.74) is 3.18. The lowest BCUT2D eigenvalue weighted by atomic mass is 10.0. The molecule has 0 radical (unpaired) electrons. The van der Waals surface area contributed by atoms with Gasteiger partial charge >= 0.3 is 0 Å². The number of hydrogen-bond donors (Lipinski definition) is 1. The molecule has 1 N–H and O–H groups in total. The Bertz CT molecular complexity index is 1520. The molecule has 0 saturated carbocycles. The third-order valence-corrected chi connectivity index (χ3v) is 6.55. The van der Waals surface area contributed by atoms with Crippen LogP contribution in [0, 0.1) is 17.1 Å². The summed E-state index contributed by atoms with van der Waals surface area (Å²) in [6, 6.07) is 15.2. The molecule has 5 rings (SSSR count). The highest BCUT2D eigenvalue weighted by Crippen LogP contribution is 2.36. The molecule has 1 saturated heterocycles. The largest absolute Gasteiger partial charge is 0.489 e. The van der Waals surface area contributed by atoms with Crippen molar-refractivity contribution in [2.75, 3.05) is 33.4 Å². The molecular formula is C29H26FN3O5. The van der Waals surface area contributed by atoms with E-state index in [0.717, 1.165) is 24.5 Å². The molecule has 0 unspecified atom stereocenters. The van der Waals surface area contributed by atoms with E-state index in [-0.39, 0.29) is 36.1 Å². The SMILES string of the molecule is CN(CCO)C(=O)c1ccc(-c2cc3nccc(-c4ccc(OC5CCOCC5)c(C#N)c4)c3o2)c(F)c1. The summed E-state index contributed by atoms with van der Waals surface area (Å²) < 4.78 is 32.6. The average molecular weight is 516 g/mol. The Balaban J connectivity index is 1.46. The van der Waals surface area contributed by atoms with Gasteiger partial charge in [0.2, 0.25) is 0 Å². The van der Waals surface area contributed by atoms with E-state index in [0.29, 0.717) is 41.2 Å². The Morgan fingerprint density at radius 3 is 2.74 bits per heavy atom. The molecule has 38 heavy (non-hydrogen) atoms. The number of carbonyl (C=O) groups excluding carboxylic acids is 1. The summed E-state index contributed by atoms with van der Waals surface area (Å²) in [6.07, 6.45) is 3.19. The molecule has 3 heterocycles. The van der Waals surface area contributed by atoms with Crippen molar-refractivity contribution < 1.29 is 28.2 Å². The Morgan fingerprint density at radius 2 is 2.00 bits per heavy atom. The summed E-state index contributed by atoms with van der Waals surface area (Å²) in [7, 11) is 1.54. The summed E-state index contributed by atoms with van der Waals surface area (Å²) in [6.45, 7) is 1.25. The van der Waals surface area contributed by atoms with Gasteiger partial charge in [0.1, 0.15) is 35.0 Å². The summed E-state index contributed by atoms with van der Waals surface area (Å²) >= 11 is 0. The van der Waals surface area contributed by atoms with Crippen LogP contribution >= 0.6 is 0 Å². The van der Waals surface area contributed by atoms with Gasteiger partial charge in [0.05, 0.1) is 30.9 Å². The molecule has 0 atom stereocenters. The van der Waals surface area contributed by atoms with Gasteiger partial charge in [0.15, 0.2) is 5.58 Å². The maximum absolute atomic E-state index is 15.1.